The molecule has 0 saturated heterocycles. The zero-order valence-electron chi connectivity index (χ0n) is 8.30. The Bertz CT molecular complexity index is 451. The Hall–Kier alpha value is -1.81. The number of ether oxygens (including phenoxy) is 1. The van der Waals surface area contributed by atoms with Crippen molar-refractivity contribution in [3.63, 3.8) is 0 Å². The third kappa shape index (κ3) is 1.85. The van der Waals surface area contributed by atoms with E-state index in [9.17, 15) is 0 Å². The largest absolute Gasteiger partial charge is 0.497 e. The van der Waals surface area contributed by atoms with Crippen LogP contribution in [-0.2, 0) is 6.61 Å². The molecule has 2 rings (SSSR count). The van der Waals surface area contributed by atoms with Gasteiger partial charge in [0.15, 0.2) is 12.2 Å². The minimum Gasteiger partial charge on any atom is -0.497 e. The minimum atomic E-state index is -0.136. The molecule has 4 nitrogen and oxygen atoms in total. The molecule has 0 aliphatic heterocycles. The lowest BCUT2D eigenvalue weighted by atomic mass is 10.1. The van der Waals surface area contributed by atoms with Crippen LogP contribution in [0.4, 0.5) is 0 Å². The highest BCUT2D eigenvalue weighted by molar-refractivity contribution is 5.61. The lowest BCUT2D eigenvalue weighted by Crippen LogP contribution is -1.88. The molecule has 1 N–H and O–H groups in total. The number of rotatable bonds is 3. The molecule has 1 heterocycles. The van der Waals surface area contributed by atoms with Crippen molar-refractivity contribution in [1.82, 2.24) is 4.98 Å². The van der Waals surface area contributed by atoms with E-state index in [2.05, 4.69) is 4.98 Å². The van der Waals surface area contributed by atoms with E-state index in [-0.39, 0.29) is 6.61 Å². The number of methoxy groups -OCH3 is 1. The van der Waals surface area contributed by atoms with Crippen molar-refractivity contribution in [2.45, 2.75) is 6.61 Å². The van der Waals surface area contributed by atoms with Crippen LogP contribution in [-0.4, -0.2) is 17.2 Å². The molecule has 1 aromatic carbocycles. The first-order valence-electron chi connectivity index (χ1n) is 4.53. The molecular weight excluding hydrogens is 194 g/mol. The van der Waals surface area contributed by atoms with Crippen LogP contribution in [0.15, 0.2) is 35.1 Å². The van der Waals surface area contributed by atoms with Gasteiger partial charge in [-0.2, -0.15) is 0 Å². The van der Waals surface area contributed by atoms with Gasteiger partial charge >= 0.3 is 0 Å². The third-order valence-electron chi connectivity index (χ3n) is 2.12. The number of aliphatic hydroxyl groups is 1. The van der Waals surface area contributed by atoms with Crippen LogP contribution in [0.3, 0.4) is 0 Å². The fraction of sp³-hybridized carbons (Fsp3) is 0.182. The van der Waals surface area contributed by atoms with Crippen LogP contribution in [0.2, 0.25) is 0 Å². The second-order valence-corrected chi connectivity index (χ2v) is 3.02. The number of hydrogen-bond donors (Lipinski definition) is 1. The summed E-state index contributed by atoms with van der Waals surface area (Å²) in [6.07, 6.45) is 1.32. The smallest absolute Gasteiger partial charge is 0.181 e. The summed E-state index contributed by atoms with van der Waals surface area (Å²) < 4.78 is 10.3. The number of hydrogen-bond acceptors (Lipinski definition) is 4. The molecule has 0 aliphatic carbocycles. The predicted molar refractivity (Wildman–Crippen MR) is 54.4 cm³/mol. The SMILES string of the molecule is COc1cccc(-c2ocnc2CO)c1. The van der Waals surface area contributed by atoms with E-state index < -0.39 is 0 Å². The summed E-state index contributed by atoms with van der Waals surface area (Å²) in [5.41, 5.74) is 1.37. The lowest BCUT2D eigenvalue weighted by Gasteiger charge is -2.02. The molecule has 0 spiro atoms. The number of aromatic nitrogens is 1. The van der Waals surface area contributed by atoms with Gasteiger partial charge in [0.05, 0.1) is 13.7 Å². The van der Waals surface area contributed by atoms with E-state index >= 15 is 0 Å². The third-order valence-corrected chi connectivity index (χ3v) is 2.12. The molecule has 15 heavy (non-hydrogen) atoms. The van der Waals surface area contributed by atoms with Gasteiger partial charge in [-0.15, -0.1) is 0 Å². The Morgan fingerprint density at radius 1 is 1.47 bits per heavy atom. The molecule has 0 unspecified atom stereocenters. The van der Waals surface area contributed by atoms with Crippen molar-refractivity contribution in [1.29, 1.82) is 0 Å². The van der Waals surface area contributed by atoms with E-state index in [1.165, 1.54) is 6.39 Å². The molecule has 0 amide bonds. The van der Waals surface area contributed by atoms with Crippen molar-refractivity contribution in [3.8, 4) is 17.1 Å². The Morgan fingerprint density at radius 2 is 2.33 bits per heavy atom. The Labute approximate surface area is 87.1 Å². The maximum absolute atomic E-state index is 9.04. The first-order chi connectivity index (χ1) is 7.35. The topological polar surface area (TPSA) is 55.5 Å². The standard InChI is InChI=1S/C11H11NO3/c1-14-9-4-2-3-8(5-9)11-10(6-13)12-7-15-11/h2-5,7,13H,6H2,1H3. The summed E-state index contributed by atoms with van der Waals surface area (Å²) in [4.78, 5) is 3.91. The minimum absolute atomic E-state index is 0.136. The van der Waals surface area contributed by atoms with Crippen LogP contribution in [0.25, 0.3) is 11.3 Å². The summed E-state index contributed by atoms with van der Waals surface area (Å²) >= 11 is 0. The number of aliphatic hydroxyl groups excluding tert-OH is 1. The zero-order valence-corrected chi connectivity index (χ0v) is 8.30. The van der Waals surface area contributed by atoms with Crippen molar-refractivity contribution in [2.24, 2.45) is 0 Å². The number of oxazole rings is 1. The Morgan fingerprint density at radius 3 is 3.07 bits per heavy atom. The van der Waals surface area contributed by atoms with Gasteiger partial charge in [0, 0.05) is 5.56 Å². The number of nitrogens with zero attached hydrogens (tertiary/aromatic N) is 1. The van der Waals surface area contributed by atoms with Gasteiger partial charge in [-0.3, -0.25) is 0 Å². The molecule has 0 radical (unpaired) electrons. The van der Waals surface area contributed by atoms with Crippen molar-refractivity contribution in [2.75, 3.05) is 7.11 Å². The van der Waals surface area contributed by atoms with Crippen LogP contribution >= 0.6 is 0 Å². The fourth-order valence-electron chi connectivity index (χ4n) is 1.38. The Kier molecular flexibility index (Phi) is 2.69. The van der Waals surface area contributed by atoms with Gasteiger partial charge < -0.3 is 14.3 Å². The quantitative estimate of drug-likeness (QED) is 0.830. The molecule has 1 aromatic heterocycles. The maximum Gasteiger partial charge on any atom is 0.181 e. The lowest BCUT2D eigenvalue weighted by molar-refractivity contribution is 0.277. The molecule has 0 saturated carbocycles. The van der Waals surface area contributed by atoms with E-state index in [1.54, 1.807) is 7.11 Å². The molecule has 78 valence electrons. The van der Waals surface area contributed by atoms with Gasteiger partial charge in [0.25, 0.3) is 0 Å². The Balaban J connectivity index is 2.44. The van der Waals surface area contributed by atoms with Crippen LogP contribution < -0.4 is 4.74 Å². The van der Waals surface area contributed by atoms with Crippen LogP contribution in [0, 0.1) is 0 Å². The van der Waals surface area contributed by atoms with Gasteiger partial charge in [-0.1, -0.05) is 12.1 Å². The van der Waals surface area contributed by atoms with Gasteiger partial charge in [0.1, 0.15) is 11.4 Å². The summed E-state index contributed by atoms with van der Waals surface area (Å²) in [5, 5.41) is 9.04. The molecule has 4 heteroatoms. The van der Waals surface area contributed by atoms with E-state index in [1.807, 2.05) is 24.3 Å². The van der Waals surface area contributed by atoms with Crippen molar-refractivity contribution < 1.29 is 14.3 Å². The van der Waals surface area contributed by atoms with Crippen LogP contribution in [0.5, 0.6) is 5.75 Å². The predicted octanol–water partition coefficient (Wildman–Crippen LogP) is 1.84. The highest BCUT2D eigenvalue weighted by Crippen LogP contribution is 2.26. The fourth-order valence-corrected chi connectivity index (χ4v) is 1.38. The average Bonchev–Trinajstić information content (AvgIpc) is 2.77. The second kappa shape index (κ2) is 4.14. The molecule has 0 atom stereocenters. The normalized spacial score (nSPS) is 10.3. The van der Waals surface area contributed by atoms with Crippen molar-refractivity contribution in [3.05, 3.63) is 36.4 Å². The maximum atomic E-state index is 9.04. The van der Waals surface area contributed by atoms with Gasteiger partial charge in [0.2, 0.25) is 0 Å². The van der Waals surface area contributed by atoms with Gasteiger partial charge in [-0.05, 0) is 12.1 Å². The summed E-state index contributed by atoms with van der Waals surface area (Å²) in [5.74, 6) is 1.32. The summed E-state index contributed by atoms with van der Waals surface area (Å²) in [6, 6.07) is 7.41. The van der Waals surface area contributed by atoms with E-state index in [0.29, 0.717) is 11.5 Å². The summed E-state index contributed by atoms with van der Waals surface area (Å²) in [6.45, 7) is -0.136. The van der Waals surface area contributed by atoms with E-state index in [4.69, 9.17) is 14.3 Å². The number of benzene rings is 1. The molecule has 0 aliphatic rings. The average molecular weight is 205 g/mol. The molecule has 0 bridgehead atoms. The first-order valence-corrected chi connectivity index (χ1v) is 4.53. The highest BCUT2D eigenvalue weighted by Gasteiger charge is 2.09. The van der Waals surface area contributed by atoms with Crippen molar-refractivity contribution >= 4 is 0 Å². The van der Waals surface area contributed by atoms with Gasteiger partial charge in [-0.25, -0.2) is 4.98 Å². The zero-order chi connectivity index (χ0) is 10.7. The monoisotopic (exact) mass is 205 g/mol. The van der Waals surface area contributed by atoms with Crippen LogP contribution in [0.1, 0.15) is 5.69 Å². The molecular formula is C11H11NO3. The molecule has 2 aromatic rings. The highest BCUT2D eigenvalue weighted by atomic mass is 16.5. The van der Waals surface area contributed by atoms with E-state index in [0.717, 1.165) is 11.3 Å². The molecule has 0 fully saturated rings. The first kappa shape index (κ1) is 9.73. The summed E-state index contributed by atoms with van der Waals surface area (Å²) in [7, 11) is 1.60. The second-order valence-electron chi connectivity index (χ2n) is 3.02.